The minimum absolute atomic E-state index is 0.0514. The van der Waals surface area contributed by atoms with E-state index in [4.69, 9.17) is 4.74 Å². The fraction of sp³-hybridized carbons (Fsp3) is 0.167. The van der Waals surface area contributed by atoms with E-state index >= 15 is 0 Å². The maximum Gasteiger partial charge on any atom is 0.282 e. The van der Waals surface area contributed by atoms with Crippen LogP contribution in [0.1, 0.15) is 12.1 Å². The van der Waals surface area contributed by atoms with Gasteiger partial charge < -0.3 is 4.74 Å². The van der Waals surface area contributed by atoms with Crippen molar-refractivity contribution in [3.05, 3.63) is 60.3 Å². The summed E-state index contributed by atoms with van der Waals surface area (Å²) < 4.78 is 57.1. The summed E-state index contributed by atoms with van der Waals surface area (Å²) in [6.45, 7) is 0. The zero-order chi connectivity index (χ0) is 18.9. The van der Waals surface area contributed by atoms with Crippen LogP contribution in [0.4, 0.5) is 8.78 Å². The van der Waals surface area contributed by atoms with Crippen LogP contribution in [0, 0.1) is 0 Å². The van der Waals surface area contributed by atoms with Crippen LogP contribution in [0.2, 0.25) is 0 Å². The molecule has 1 heterocycles. The molecule has 5 nitrogen and oxygen atoms in total. The fourth-order valence-corrected chi connectivity index (χ4v) is 3.52. The van der Waals surface area contributed by atoms with Gasteiger partial charge in [-0.05, 0) is 36.4 Å². The van der Waals surface area contributed by atoms with Crippen LogP contribution in [0.3, 0.4) is 0 Å². The van der Waals surface area contributed by atoms with Crippen LogP contribution in [0.5, 0.6) is 5.75 Å². The maximum absolute atomic E-state index is 13.2. The van der Waals surface area contributed by atoms with E-state index in [1.807, 2.05) is 0 Å². The molecular formula is C18H16F2N2O3S. The molecule has 2 aromatic carbocycles. The first-order valence-corrected chi connectivity index (χ1v) is 9.52. The summed E-state index contributed by atoms with van der Waals surface area (Å²) in [6.07, 6.45) is -1.70. The van der Waals surface area contributed by atoms with Crippen LogP contribution in [-0.4, -0.2) is 31.6 Å². The molecule has 0 aliphatic rings. The van der Waals surface area contributed by atoms with Crippen LogP contribution < -0.4 is 4.74 Å². The van der Waals surface area contributed by atoms with Gasteiger partial charge in [0, 0.05) is 11.8 Å². The standard InChI is InChI=1S/C18H16F2N2O3S/c1-25-13-9-7-12(8-10-13)22-16(11-15(21-22)18(19)20)14-5-3-4-6-17(14)26(2,23)24/h3-11,18H,1-2H3. The number of sulfone groups is 1. The maximum atomic E-state index is 13.2. The van der Waals surface area contributed by atoms with Gasteiger partial charge in [0.1, 0.15) is 11.4 Å². The van der Waals surface area contributed by atoms with Gasteiger partial charge in [-0.3, -0.25) is 0 Å². The Morgan fingerprint density at radius 3 is 2.31 bits per heavy atom. The van der Waals surface area contributed by atoms with E-state index in [2.05, 4.69) is 5.10 Å². The molecule has 3 rings (SSSR count). The van der Waals surface area contributed by atoms with Crippen molar-refractivity contribution >= 4 is 9.84 Å². The second-order valence-corrected chi connectivity index (χ2v) is 7.62. The largest absolute Gasteiger partial charge is 0.497 e. The number of nitrogens with zero attached hydrogens (tertiary/aromatic N) is 2. The smallest absolute Gasteiger partial charge is 0.282 e. The van der Waals surface area contributed by atoms with Gasteiger partial charge in [-0.1, -0.05) is 18.2 Å². The van der Waals surface area contributed by atoms with E-state index in [1.54, 1.807) is 42.5 Å². The number of halogens is 2. The number of alkyl halides is 2. The number of benzene rings is 2. The Morgan fingerprint density at radius 2 is 1.73 bits per heavy atom. The van der Waals surface area contributed by atoms with Crippen molar-refractivity contribution in [2.24, 2.45) is 0 Å². The lowest BCUT2D eigenvalue weighted by Gasteiger charge is -2.11. The van der Waals surface area contributed by atoms with Crippen molar-refractivity contribution in [1.82, 2.24) is 9.78 Å². The number of rotatable bonds is 5. The molecule has 0 amide bonds. The number of ether oxygens (including phenoxy) is 1. The Morgan fingerprint density at radius 1 is 1.08 bits per heavy atom. The van der Waals surface area contributed by atoms with Gasteiger partial charge >= 0.3 is 0 Å². The first-order valence-electron chi connectivity index (χ1n) is 7.63. The number of hydrogen-bond donors (Lipinski definition) is 0. The number of hydrogen-bond acceptors (Lipinski definition) is 4. The van der Waals surface area contributed by atoms with Crippen molar-refractivity contribution in [3.8, 4) is 22.7 Å². The molecule has 0 bridgehead atoms. The summed E-state index contributed by atoms with van der Waals surface area (Å²) in [7, 11) is -2.03. The van der Waals surface area contributed by atoms with Crippen molar-refractivity contribution < 1.29 is 21.9 Å². The Hall–Kier alpha value is -2.74. The van der Waals surface area contributed by atoms with E-state index in [1.165, 1.54) is 23.9 Å². The molecule has 0 spiro atoms. The molecule has 26 heavy (non-hydrogen) atoms. The van der Waals surface area contributed by atoms with Crippen LogP contribution in [0.15, 0.2) is 59.5 Å². The summed E-state index contributed by atoms with van der Waals surface area (Å²) in [5, 5.41) is 3.97. The molecule has 0 radical (unpaired) electrons. The quantitative estimate of drug-likeness (QED) is 0.676. The molecule has 0 aliphatic carbocycles. The Bertz CT molecular complexity index is 1030. The van der Waals surface area contributed by atoms with Gasteiger partial charge in [0.25, 0.3) is 6.43 Å². The van der Waals surface area contributed by atoms with Crippen molar-refractivity contribution in [2.45, 2.75) is 11.3 Å². The average Bonchev–Trinajstić information content (AvgIpc) is 3.06. The summed E-state index contributed by atoms with van der Waals surface area (Å²) in [4.78, 5) is 0.0514. The van der Waals surface area contributed by atoms with Crippen LogP contribution >= 0.6 is 0 Å². The predicted molar refractivity (Wildman–Crippen MR) is 93.6 cm³/mol. The molecule has 8 heteroatoms. The van der Waals surface area contributed by atoms with Crippen molar-refractivity contribution in [2.75, 3.05) is 13.4 Å². The fourth-order valence-electron chi connectivity index (χ4n) is 2.62. The van der Waals surface area contributed by atoms with E-state index in [0.29, 0.717) is 17.0 Å². The first-order chi connectivity index (χ1) is 12.3. The Labute approximate surface area is 149 Å². The Balaban J connectivity index is 2.25. The normalized spacial score (nSPS) is 11.7. The molecular weight excluding hydrogens is 362 g/mol. The molecule has 0 atom stereocenters. The molecule has 0 aliphatic heterocycles. The average molecular weight is 378 g/mol. The molecule has 0 saturated carbocycles. The van der Waals surface area contributed by atoms with Crippen molar-refractivity contribution in [3.63, 3.8) is 0 Å². The topological polar surface area (TPSA) is 61.2 Å². The van der Waals surface area contributed by atoms with E-state index in [9.17, 15) is 17.2 Å². The molecule has 0 unspecified atom stereocenters. The Kier molecular flexibility index (Phi) is 4.78. The second kappa shape index (κ2) is 6.87. The van der Waals surface area contributed by atoms with Gasteiger partial charge in [0.05, 0.1) is 23.4 Å². The van der Waals surface area contributed by atoms with E-state index < -0.39 is 22.0 Å². The zero-order valence-corrected chi connectivity index (χ0v) is 14.9. The third-order valence-corrected chi connectivity index (χ3v) is 4.99. The van der Waals surface area contributed by atoms with Gasteiger partial charge in [-0.2, -0.15) is 5.10 Å². The zero-order valence-electron chi connectivity index (χ0n) is 14.1. The minimum Gasteiger partial charge on any atom is -0.497 e. The predicted octanol–water partition coefficient (Wildman–Crippen LogP) is 3.89. The number of aromatic nitrogens is 2. The SMILES string of the molecule is COc1ccc(-n2nc(C(F)F)cc2-c2ccccc2S(C)(=O)=O)cc1. The molecule has 1 aromatic heterocycles. The molecule has 0 N–H and O–H groups in total. The van der Waals surface area contributed by atoms with Crippen molar-refractivity contribution in [1.29, 1.82) is 0 Å². The number of methoxy groups -OCH3 is 1. The summed E-state index contributed by atoms with van der Waals surface area (Å²) in [6, 6.07) is 14.1. The monoisotopic (exact) mass is 378 g/mol. The highest BCUT2D eigenvalue weighted by Crippen LogP contribution is 2.32. The molecule has 136 valence electrons. The lowest BCUT2D eigenvalue weighted by molar-refractivity contribution is 0.145. The summed E-state index contributed by atoms with van der Waals surface area (Å²) >= 11 is 0. The second-order valence-electron chi connectivity index (χ2n) is 5.63. The highest BCUT2D eigenvalue weighted by Gasteiger charge is 2.22. The van der Waals surface area contributed by atoms with Crippen LogP contribution in [-0.2, 0) is 9.84 Å². The lowest BCUT2D eigenvalue weighted by atomic mass is 10.1. The van der Waals surface area contributed by atoms with Gasteiger partial charge in [-0.25, -0.2) is 21.9 Å². The minimum atomic E-state index is -3.55. The van der Waals surface area contributed by atoms with Gasteiger partial charge in [0.2, 0.25) is 0 Å². The summed E-state index contributed by atoms with van der Waals surface area (Å²) in [5.74, 6) is 0.605. The van der Waals surface area contributed by atoms with Gasteiger partial charge in [-0.15, -0.1) is 0 Å². The lowest BCUT2D eigenvalue weighted by Crippen LogP contribution is -2.04. The van der Waals surface area contributed by atoms with Crippen LogP contribution in [0.25, 0.3) is 16.9 Å². The highest BCUT2D eigenvalue weighted by atomic mass is 32.2. The molecule has 0 fully saturated rings. The molecule has 3 aromatic rings. The summed E-state index contributed by atoms with van der Waals surface area (Å²) in [5.41, 5.74) is 0.659. The molecule has 0 saturated heterocycles. The van der Waals surface area contributed by atoms with Gasteiger partial charge in [0.15, 0.2) is 9.84 Å². The third kappa shape index (κ3) is 3.45. The van der Waals surface area contributed by atoms with E-state index in [-0.39, 0.29) is 10.6 Å². The first kappa shape index (κ1) is 18.1. The highest BCUT2D eigenvalue weighted by molar-refractivity contribution is 7.90. The van der Waals surface area contributed by atoms with E-state index in [0.717, 1.165) is 6.26 Å². The third-order valence-electron chi connectivity index (χ3n) is 3.83.